The fourth-order valence-electron chi connectivity index (χ4n) is 3.95. The lowest BCUT2D eigenvalue weighted by Gasteiger charge is -2.22. The van der Waals surface area contributed by atoms with Gasteiger partial charge in [-0.1, -0.05) is 18.2 Å². The predicted molar refractivity (Wildman–Crippen MR) is 105 cm³/mol. The highest BCUT2D eigenvalue weighted by molar-refractivity contribution is 5.78. The van der Waals surface area contributed by atoms with Gasteiger partial charge in [0.15, 0.2) is 0 Å². The number of aromatic nitrogens is 2. The predicted octanol–water partition coefficient (Wildman–Crippen LogP) is 3.80. The number of imidazole rings is 1. The summed E-state index contributed by atoms with van der Waals surface area (Å²) in [6.07, 6.45) is 6.57. The van der Waals surface area contributed by atoms with Crippen molar-refractivity contribution in [2.45, 2.75) is 32.1 Å². The van der Waals surface area contributed by atoms with Crippen molar-refractivity contribution in [3.63, 3.8) is 0 Å². The molecule has 0 spiro atoms. The lowest BCUT2D eigenvalue weighted by molar-refractivity contribution is -0.130. The molecule has 1 amide bonds. The minimum absolute atomic E-state index is 0.0648. The fraction of sp³-hybridized carbons (Fsp3) is 0.364. The molecule has 140 valence electrons. The van der Waals surface area contributed by atoms with Gasteiger partial charge in [-0.2, -0.15) is 0 Å². The summed E-state index contributed by atoms with van der Waals surface area (Å²) in [7, 11) is 1.67. The molecule has 0 bridgehead atoms. The maximum Gasteiger partial charge on any atom is 0.223 e. The molecule has 2 aromatic heterocycles. The number of fused-ring (bicyclic) bond motifs is 1. The summed E-state index contributed by atoms with van der Waals surface area (Å²) in [5.74, 6) is 0.948. The molecule has 1 aromatic carbocycles. The first-order valence-electron chi connectivity index (χ1n) is 9.51. The topological polar surface area (TPSA) is 46.8 Å². The molecule has 1 aliphatic rings. The summed E-state index contributed by atoms with van der Waals surface area (Å²) < 4.78 is 7.52. The Morgan fingerprint density at radius 1 is 1.22 bits per heavy atom. The molecule has 0 saturated carbocycles. The van der Waals surface area contributed by atoms with Gasteiger partial charge >= 0.3 is 0 Å². The Balaban J connectivity index is 1.76. The smallest absolute Gasteiger partial charge is 0.223 e. The molecule has 0 radical (unpaired) electrons. The van der Waals surface area contributed by atoms with Crippen molar-refractivity contribution in [3.8, 4) is 5.75 Å². The molecule has 27 heavy (non-hydrogen) atoms. The molecule has 4 rings (SSSR count). The zero-order chi connectivity index (χ0) is 18.8. The third-order valence-electron chi connectivity index (χ3n) is 5.45. The zero-order valence-electron chi connectivity index (χ0n) is 15.9. The number of carbonyl (C=O) groups is 1. The highest BCUT2D eigenvalue weighted by Gasteiger charge is 2.26. The average molecular weight is 363 g/mol. The van der Waals surface area contributed by atoms with Gasteiger partial charge in [-0.3, -0.25) is 4.79 Å². The zero-order valence-corrected chi connectivity index (χ0v) is 15.9. The Hall–Kier alpha value is -2.82. The first-order valence-corrected chi connectivity index (χ1v) is 9.51. The molecular formula is C22H25N3O2. The molecule has 5 nitrogen and oxygen atoms in total. The molecule has 1 aliphatic heterocycles. The van der Waals surface area contributed by atoms with E-state index in [1.54, 1.807) is 7.11 Å². The summed E-state index contributed by atoms with van der Waals surface area (Å²) in [6.45, 7) is 3.80. The van der Waals surface area contributed by atoms with Gasteiger partial charge in [0, 0.05) is 37.8 Å². The minimum Gasteiger partial charge on any atom is -0.497 e. The molecule has 1 fully saturated rings. The third-order valence-corrected chi connectivity index (χ3v) is 5.45. The number of ether oxygens (including phenoxy) is 1. The number of hydrogen-bond acceptors (Lipinski definition) is 3. The van der Waals surface area contributed by atoms with Crippen LogP contribution in [0.2, 0.25) is 0 Å². The largest absolute Gasteiger partial charge is 0.497 e. The van der Waals surface area contributed by atoms with Gasteiger partial charge in [-0.15, -0.1) is 0 Å². The lowest BCUT2D eigenvalue weighted by atomic mass is 9.92. The van der Waals surface area contributed by atoms with E-state index >= 15 is 0 Å². The molecule has 3 heterocycles. The first kappa shape index (κ1) is 17.6. The van der Waals surface area contributed by atoms with Gasteiger partial charge in [0.2, 0.25) is 5.91 Å². The fourth-order valence-corrected chi connectivity index (χ4v) is 3.95. The second-order valence-corrected chi connectivity index (χ2v) is 7.19. The van der Waals surface area contributed by atoms with Crippen molar-refractivity contribution in [1.82, 2.24) is 14.3 Å². The molecule has 1 saturated heterocycles. The molecule has 0 aliphatic carbocycles. The van der Waals surface area contributed by atoms with Crippen LogP contribution >= 0.6 is 0 Å². The second-order valence-electron chi connectivity index (χ2n) is 7.19. The summed E-state index contributed by atoms with van der Waals surface area (Å²) in [5.41, 5.74) is 4.17. The summed E-state index contributed by atoms with van der Waals surface area (Å²) in [5, 5.41) is 0. The van der Waals surface area contributed by atoms with Gasteiger partial charge < -0.3 is 14.0 Å². The number of nitrogens with zero attached hydrogens (tertiary/aromatic N) is 3. The summed E-state index contributed by atoms with van der Waals surface area (Å²) in [4.78, 5) is 19.6. The Morgan fingerprint density at radius 2 is 2.04 bits per heavy atom. The number of carbonyl (C=O) groups excluding carboxylic acids is 1. The van der Waals surface area contributed by atoms with Gasteiger partial charge in [0.25, 0.3) is 0 Å². The second kappa shape index (κ2) is 7.43. The van der Waals surface area contributed by atoms with Crippen LogP contribution in [0.25, 0.3) is 5.65 Å². The molecule has 1 atom stereocenters. The summed E-state index contributed by atoms with van der Waals surface area (Å²) in [6, 6.07) is 12.1. The SMILES string of the molecule is COc1cccc(C(CC(=O)N2CCCC2)c2cnc3c(C)cccn23)c1. The van der Waals surface area contributed by atoms with Gasteiger partial charge in [0.1, 0.15) is 11.4 Å². The Bertz CT molecular complexity index is 957. The van der Waals surface area contributed by atoms with Crippen molar-refractivity contribution >= 4 is 11.6 Å². The third kappa shape index (κ3) is 3.42. The summed E-state index contributed by atoms with van der Waals surface area (Å²) >= 11 is 0. The number of aryl methyl sites for hydroxylation is 1. The maximum atomic E-state index is 12.9. The highest BCUT2D eigenvalue weighted by atomic mass is 16.5. The highest BCUT2D eigenvalue weighted by Crippen LogP contribution is 2.32. The van der Waals surface area contributed by atoms with Crippen LogP contribution in [-0.2, 0) is 4.79 Å². The van der Waals surface area contributed by atoms with E-state index in [0.29, 0.717) is 6.42 Å². The van der Waals surface area contributed by atoms with Crippen molar-refractivity contribution in [2.24, 2.45) is 0 Å². The Labute approximate surface area is 159 Å². The van der Waals surface area contributed by atoms with E-state index in [2.05, 4.69) is 28.4 Å². The van der Waals surface area contributed by atoms with Crippen LogP contribution in [0.3, 0.4) is 0 Å². The van der Waals surface area contributed by atoms with Crippen molar-refractivity contribution in [3.05, 3.63) is 65.6 Å². The van der Waals surface area contributed by atoms with E-state index in [4.69, 9.17) is 4.74 Å². The van der Waals surface area contributed by atoms with Crippen LogP contribution in [0, 0.1) is 6.92 Å². The first-order chi connectivity index (χ1) is 13.2. The number of benzene rings is 1. The van der Waals surface area contributed by atoms with Crippen LogP contribution in [-0.4, -0.2) is 40.4 Å². The minimum atomic E-state index is -0.0648. The number of likely N-dealkylation sites (tertiary alicyclic amines) is 1. The van der Waals surface area contributed by atoms with Crippen molar-refractivity contribution in [2.75, 3.05) is 20.2 Å². The van der Waals surface area contributed by atoms with E-state index in [1.807, 2.05) is 41.6 Å². The number of amides is 1. The monoisotopic (exact) mass is 363 g/mol. The number of pyridine rings is 1. The van der Waals surface area contributed by atoms with E-state index in [9.17, 15) is 4.79 Å². The van der Waals surface area contributed by atoms with Gasteiger partial charge in [-0.25, -0.2) is 4.98 Å². The maximum absolute atomic E-state index is 12.9. The van der Waals surface area contributed by atoms with Crippen molar-refractivity contribution < 1.29 is 9.53 Å². The number of methoxy groups -OCH3 is 1. The van der Waals surface area contributed by atoms with E-state index in [0.717, 1.165) is 54.1 Å². The lowest BCUT2D eigenvalue weighted by Crippen LogP contribution is -2.29. The van der Waals surface area contributed by atoms with Crippen LogP contribution < -0.4 is 4.74 Å². The molecule has 5 heteroatoms. The normalized spacial score (nSPS) is 15.3. The Kier molecular flexibility index (Phi) is 4.84. The average Bonchev–Trinajstić information content (AvgIpc) is 3.37. The Morgan fingerprint density at radius 3 is 2.81 bits per heavy atom. The van der Waals surface area contributed by atoms with Crippen LogP contribution in [0.5, 0.6) is 5.75 Å². The van der Waals surface area contributed by atoms with E-state index < -0.39 is 0 Å². The molecule has 0 N–H and O–H groups in total. The molecular weight excluding hydrogens is 338 g/mol. The number of rotatable bonds is 5. The van der Waals surface area contributed by atoms with Crippen LogP contribution in [0.1, 0.15) is 42.0 Å². The van der Waals surface area contributed by atoms with E-state index in [-0.39, 0.29) is 11.8 Å². The number of hydrogen-bond donors (Lipinski definition) is 0. The van der Waals surface area contributed by atoms with Crippen LogP contribution in [0.4, 0.5) is 0 Å². The van der Waals surface area contributed by atoms with Gasteiger partial charge in [0.05, 0.1) is 12.8 Å². The quantitative estimate of drug-likeness (QED) is 0.693. The van der Waals surface area contributed by atoms with Crippen LogP contribution in [0.15, 0.2) is 48.8 Å². The van der Waals surface area contributed by atoms with E-state index in [1.165, 1.54) is 0 Å². The molecule has 3 aromatic rings. The van der Waals surface area contributed by atoms with Gasteiger partial charge in [-0.05, 0) is 49.1 Å². The van der Waals surface area contributed by atoms with Crippen molar-refractivity contribution in [1.29, 1.82) is 0 Å². The standard InChI is InChI=1S/C22H25N3O2/c1-16-7-6-12-25-20(15-23-22(16)25)19(14-21(26)24-10-3-4-11-24)17-8-5-9-18(13-17)27-2/h5-9,12-13,15,19H,3-4,10-11,14H2,1-2H3. The molecule has 1 unspecified atom stereocenters.